The third-order valence-electron chi connectivity index (χ3n) is 6.73. The molecular weight excluding hydrogens is 521 g/mol. The number of nitrogens with one attached hydrogen (secondary N) is 1. The Morgan fingerprint density at radius 1 is 1.16 bits per heavy atom. The van der Waals surface area contributed by atoms with Gasteiger partial charge in [-0.2, -0.15) is 18.3 Å². The predicted molar refractivity (Wildman–Crippen MR) is 131 cm³/mol. The second-order valence-corrected chi connectivity index (χ2v) is 9.51. The highest BCUT2D eigenvalue weighted by molar-refractivity contribution is 6.33. The number of halogens is 4. The zero-order valence-electron chi connectivity index (χ0n) is 19.7. The Morgan fingerprint density at radius 2 is 1.95 bits per heavy atom. The van der Waals surface area contributed by atoms with Crippen molar-refractivity contribution in [3.8, 4) is 11.4 Å². The molecule has 0 aliphatic heterocycles. The third kappa shape index (κ3) is 3.88. The molecule has 0 radical (unpaired) electrons. The predicted octanol–water partition coefficient (Wildman–Crippen LogP) is 5.00. The number of hydrogen-bond acceptors (Lipinski definition) is 6. The molecule has 0 unspecified atom stereocenters. The Labute approximate surface area is 218 Å². The molecule has 0 bridgehead atoms. The van der Waals surface area contributed by atoms with Crippen molar-refractivity contribution in [3.05, 3.63) is 89.1 Å². The Kier molecular flexibility index (Phi) is 5.64. The van der Waals surface area contributed by atoms with Gasteiger partial charge in [-0.1, -0.05) is 11.6 Å². The second kappa shape index (κ2) is 8.91. The van der Waals surface area contributed by atoms with Crippen LogP contribution in [0.2, 0.25) is 5.02 Å². The van der Waals surface area contributed by atoms with E-state index in [0.29, 0.717) is 43.7 Å². The van der Waals surface area contributed by atoms with E-state index in [1.54, 1.807) is 43.6 Å². The maximum atomic E-state index is 14.1. The highest BCUT2D eigenvalue weighted by atomic mass is 35.5. The van der Waals surface area contributed by atoms with Crippen LogP contribution in [0.15, 0.2) is 61.2 Å². The van der Waals surface area contributed by atoms with Crippen molar-refractivity contribution in [2.75, 3.05) is 5.32 Å². The molecule has 0 spiro atoms. The second-order valence-electron chi connectivity index (χ2n) is 9.10. The van der Waals surface area contributed by atoms with Gasteiger partial charge in [-0.15, -0.1) is 5.10 Å². The van der Waals surface area contributed by atoms with Gasteiger partial charge in [-0.3, -0.25) is 4.79 Å². The average molecular weight is 539 g/mol. The molecule has 1 aliphatic rings. The van der Waals surface area contributed by atoms with Crippen LogP contribution < -0.4 is 5.32 Å². The number of carbonyl (C=O) groups is 1. The number of benzene rings is 1. The summed E-state index contributed by atoms with van der Waals surface area (Å²) >= 11 is 6.45. The molecule has 1 N–H and O–H groups in total. The number of aromatic nitrogens is 7. The number of hydrogen-bond donors (Lipinski definition) is 1. The topological polar surface area (TPSA) is 103 Å². The molecule has 0 saturated carbocycles. The molecule has 6 rings (SSSR count). The lowest BCUT2D eigenvalue weighted by atomic mass is 9.82. The average Bonchev–Trinajstić information content (AvgIpc) is 3.60. The van der Waals surface area contributed by atoms with Crippen LogP contribution in [0.4, 0.5) is 18.9 Å². The lowest BCUT2D eigenvalue weighted by Crippen LogP contribution is -2.26. The van der Waals surface area contributed by atoms with Crippen LogP contribution in [0, 0.1) is 5.95 Å². The largest absolute Gasteiger partial charge is 0.333 e. The van der Waals surface area contributed by atoms with Gasteiger partial charge in [-0.05, 0) is 43.7 Å². The van der Waals surface area contributed by atoms with Gasteiger partial charge in [0.25, 0.3) is 0 Å². The molecule has 1 amide bonds. The van der Waals surface area contributed by atoms with E-state index in [0.717, 1.165) is 6.07 Å². The Balaban J connectivity index is 1.37. The first-order valence-electron chi connectivity index (χ1n) is 11.5. The lowest BCUT2D eigenvalue weighted by Gasteiger charge is -2.23. The number of rotatable bonds is 5. The number of anilines is 1. The van der Waals surface area contributed by atoms with Gasteiger partial charge in [-0.25, -0.2) is 24.1 Å². The summed E-state index contributed by atoms with van der Waals surface area (Å²) in [5.41, 5.74) is 1.49. The summed E-state index contributed by atoms with van der Waals surface area (Å²) in [6, 6.07) is 9.29. The minimum Gasteiger partial charge on any atom is -0.326 e. The zero-order valence-corrected chi connectivity index (χ0v) is 20.4. The maximum absolute atomic E-state index is 14.1. The smallest absolute Gasteiger partial charge is 0.326 e. The van der Waals surface area contributed by atoms with E-state index in [4.69, 9.17) is 11.6 Å². The zero-order chi connectivity index (χ0) is 26.6. The summed E-state index contributed by atoms with van der Waals surface area (Å²) in [5, 5.41) is 11.2. The van der Waals surface area contributed by atoms with Crippen LogP contribution in [0.1, 0.15) is 42.8 Å². The van der Waals surface area contributed by atoms with Crippen LogP contribution in [-0.2, 0) is 10.2 Å². The Hall–Kier alpha value is -4.32. The third-order valence-corrected chi connectivity index (χ3v) is 7.04. The SMILES string of the molecule is C[C@]1(c2ccn(C(F)F)n2)C[C@@H](C(=O)Nc2ccc(-c3ncccn3)c(Cl)c2)c2cnc3cc(F)nn3c21. The summed E-state index contributed by atoms with van der Waals surface area (Å²) in [4.78, 5) is 26.2. The van der Waals surface area contributed by atoms with Gasteiger partial charge in [0.1, 0.15) is 0 Å². The Bertz CT molecular complexity index is 1690. The van der Waals surface area contributed by atoms with Crippen molar-refractivity contribution < 1.29 is 18.0 Å². The molecule has 1 aromatic carbocycles. The molecular formula is C25H18ClF3N8O. The highest BCUT2D eigenvalue weighted by Crippen LogP contribution is 2.49. The quantitative estimate of drug-likeness (QED) is 0.338. The van der Waals surface area contributed by atoms with Gasteiger partial charge < -0.3 is 5.32 Å². The molecule has 13 heteroatoms. The molecule has 38 heavy (non-hydrogen) atoms. The number of alkyl halides is 2. The monoisotopic (exact) mass is 538 g/mol. The van der Waals surface area contributed by atoms with E-state index in [2.05, 4.69) is 30.5 Å². The van der Waals surface area contributed by atoms with Crippen molar-refractivity contribution in [2.24, 2.45) is 0 Å². The van der Waals surface area contributed by atoms with Gasteiger partial charge in [0, 0.05) is 47.7 Å². The van der Waals surface area contributed by atoms with Crippen LogP contribution in [0.3, 0.4) is 0 Å². The van der Waals surface area contributed by atoms with Crippen LogP contribution in [-0.4, -0.2) is 40.3 Å². The fourth-order valence-corrected chi connectivity index (χ4v) is 5.25. The normalized spacial score (nSPS) is 18.7. The molecule has 4 heterocycles. The van der Waals surface area contributed by atoms with E-state index in [-0.39, 0.29) is 18.0 Å². The minimum absolute atomic E-state index is 0.167. The first kappa shape index (κ1) is 24.0. The van der Waals surface area contributed by atoms with Gasteiger partial charge >= 0.3 is 6.55 Å². The number of amides is 1. The molecule has 9 nitrogen and oxygen atoms in total. The molecule has 1 aliphatic carbocycles. The maximum Gasteiger partial charge on any atom is 0.333 e. The van der Waals surface area contributed by atoms with E-state index < -0.39 is 23.8 Å². The number of fused-ring (bicyclic) bond motifs is 3. The van der Waals surface area contributed by atoms with E-state index in [9.17, 15) is 18.0 Å². The molecule has 192 valence electrons. The van der Waals surface area contributed by atoms with E-state index in [1.807, 2.05) is 0 Å². The van der Waals surface area contributed by atoms with E-state index in [1.165, 1.54) is 23.0 Å². The summed E-state index contributed by atoms with van der Waals surface area (Å²) in [6.45, 7) is -1.07. The molecule has 5 aromatic rings. The van der Waals surface area contributed by atoms with Crippen molar-refractivity contribution in [1.82, 2.24) is 34.3 Å². The van der Waals surface area contributed by atoms with Gasteiger partial charge in [0.05, 0.1) is 27.7 Å². The van der Waals surface area contributed by atoms with Crippen LogP contribution in [0.25, 0.3) is 17.0 Å². The summed E-state index contributed by atoms with van der Waals surface area (Å²) in [6.07, 6.45) is 6.03. The van der Waals surface area contributed by atoms with Crippen molar-refractivity contribution >= 4 is 28.8 Å². The van der Waals surface area contributed by atoms with Crippen molar-refractivity contribution in [2.45, 2.75) is 31.2 Å². The van der Waals surface area contributed by atoms with Crippen LogP contribution in [0.5, 0.6) is 0 Å². The number of carbonyl (C=O) groups excluding carboxylic acids is 1. The first-order chi connectivity index (χ1) is 18.2. The van der Waals surface area contributed by atoms with Crippen molar-refractivity contribution in [3.63, 3.8) is 0 Å². The number of nitrogens with zero attached hydrogens (tertiary/aromatic N) is 7. The summed E-state index contributed by atoms with van der Waals surface area (Å²) < 4.78 is 42.5. The van der Waals surface area contributed by atoms with Crippen molar-refractivity contribution in [1.29, 1.82) is 0 Å². The summed E-state index contributed by atoms with van der Waals surface area (Å²) in [5.74, 6) is -1.44. The molecule has 0 fully saturated rings. The lowest BCUT2D eigenvalue weighted by molar-refractivity contribution is -0.117. The first-order valence-corrected chi connectivity index (χ1v) is 11.9. The standard InChI is InChI=1S/C25H18ClF3N8O/c1-25(18-5-8-36(34-18)24(28)29)11-15(16-12-32-20-10-19(27)35-37(20)21(16)25)23(38)33-13-3-4-14(17(26)9-13)22-30-6-2-7-31-22/h2-10,12,15,24H,11H2,1H3,(H,33,38)/t15-,25-/m1/s1. The summed E-state index contributed by atoms with van der Waals surface area (Å²) in [7, 11) is 0. The molecule has 0 saturated heterocycles. The van der Waals surface area contributed by atoms with E-state index >= 15 is 0 Å². The Morgan fingerprint density at radius 3 is 2.66 bits per heavy atom. The van der Waals surface area contributed by atoms with Gasteiger partial charge in [0.15, 0.2) is 11.5 Å². The van der Waals surface area contributed by atoms with Crippen LogP contribution >= 0.6 is 11.6 Å². The molecule has 4 aromatic heterocycles. The fraction of sp³-hybridized carbons (Fsp3) is 0.200. The molecule has 2 atom stereocenters. The highest BCUT2D eigenvalue weighted by Gasteiger charge is 2.48. The van der Waals surface area contributed by atoms with Gasteiger partial charge in [0.2, 0.25) is 11.9 Å². The fourth-order valence-electron chi connectivity index (χ4n) is 4.98. The minimum atomic E-state index is -2.83.